The maximum Gasteiger partial charge on any atom is 0.313 e. The highest BCUT2D eigenvalue weighted by Crippen LogP contribution is 2.30. The Morgan fingerprint density at radius 1 is 1.00 bits per heavy atom. The fourth-order valence-electron chi connectivity index (χ4n) is 2.38. The fourth-order valence-corrected chi connectivity index (χ4v) is 2.50. The van der Waals surface area contributed by atoms with E-state index in [0.717, 1.165) is 5.56 Å². The molecule has 0 unspecified atom stereocenters. The van der Waals surface area contributed by atoms with Gasteiger partial charge in [-0.05, 0) is 29.8 Å². The standard InChI is InChI=1S/C18H14ClN3O4/c19-11-7-5-10(6-8-11)9-21-17(24)18(25)22-14-12-3-1-2-4-13(12)26-15(14)16(20)23/h1-8H,9H2,(H2,20,23)(H,21,24)(H,22,25). The van der Waals surface area contributed by atoms with Crippen LogP contribution in [0.25, 0.3) is 11.0 Å². The lowest BCUT2D eigenvalue weighted by Gasteiger charge is -2.07. The van der Waals surface area contributed by atoms with E-state index in [1.165, 1.54) is 0 Å². The minimum absolute atomic E-state index is 0.0692. The van der Waals surface area contributed by atoms with E-state index in [1.54, 1.807) is 48.5 Å². The van der Waals surface area contributed by atoms with Gasteiger partial charge in [0, 0.05) is 17.0 Å². The molecule has 3 rings (SSSR count). The molecule has 0 saturated heterocycles. The van der Waals surface area contributed by atoms with Crippen LogP contribution in [0.5, 0.6) is 0 Å². The summed E-state index contributed by atoms with van der Waals surface area (Å²) in [6.45, 7) is 0.151. The van der Waals surface area contributed by atoms with Gasteiger partial charge >= 0.3 is 11.8 Å². The largest absolute Gasteiger partial charge is 0.449 e. The van der Waals surface area contributed by atoms with Gasteiger partial charge in [-0.1, -0.05) is 35.9 Å². The predicted molar refractivity (Wildman–Crippen MR) is 96.7 cm³/mol. The van der Waals surface area contributed by atoms with Gasteiger partial charge in [-0.25, -0.2) is 0 Å². The maximum atomic E-state index is 12.2. The summed E-state index contributed by atoms with van der Waals surface area (Å²) in [5.74, 6) is -2.86. The Kier molecular flexibility index (Phi) is 4.90. The van der Waals surface area contributed by atoms with Crippen molar-refractivity contribution in [2.45, 2.75) is 6.54 Å². The molecule has 7 nitrogen and oxygen atoms in total. The number of rotatable bonds is 4. The number of carbonyl (C=O) groups is 3. The molecule has 3 amide bonds. The van der Waals surface area contributed by atoms with Crippen LogP contribution in [0.3, 0.4) is 0 Å². The predicted octanol–water partition coefficient (Wildman–Crippen LogP) is 2.44. The van der Waals surface area contributed by atoms with Gasteiger partial charge in [0.05, 0.1) is 0 Å². The zero-order chi connectivity index (χ0) is 18.7. The Balaban J connectivity index is 1.74. The molecule has 4 N–H and O–H groups in total. The van der Waals surface area contributed by atoms with E-state index in [1.807, 2.05) is 0 Å². The van der Waals surface area contributed by atoms with Crippen molar-refractivity contribution < 1.29 is 18.8 Å². The van der Waals surface area contributed by atoms with Crippen molar-refractivity contribution in [2.24, 2.45) is 5.73 Å². The molecular formula is C18H14ClN3O4. The summed E-state index contributed by atoms with van der Waals surface area (Å²) in [7, 11) is 0. The van der Waals surface area contributed by atoms with E-state index in [0.29, 0.717) is 16.0 Å². The second-order valence-corrected chi connectivity index (χ2v) is 5.87. The van der Waals surface area contributed by atoms with Crippen molar-refractivity contribution in [3.8, 4) is 0 Å². The third-order valence-electron chi connectivity index (χ3n) is 3.63. The van der Waals surface area contributed by atoms with Crippen molar-refractivity contribution in [3.05, 3.63) is 64.9 Å². The third kappa shape index (κ3) is 3.68. The molecule has 2 aromatic carbocycles. The average molecular weight is 372 g/mol. The van der Waals surface area contributed by atoms with Crippen LogP contribution in [0, 0.1) is 0 Å². The number of nitrogens with one attached hydrogen (secondary N) is 2. The van der Waals surface area contributed by atoms with Crippen LogP contribution in [0.4, 0.5) is 5.69 Å². The highest BCUT2D eigenvalue weighted by atomic mass is 35.5. The molecule has 3 aromatic rings. The lowest BCUT2D eigenvalue weighted by Crippen LogP contribution is -2.35. The Labute approximate surface area is 153 Å². The molecule has 1 aromatic heterocycles. The zero-order valence-corrected chi connectivity index (χ0v) is 14.2. The molecule has 0 aliphatic carbocycles. The van der Waals surface area contributed by atoms with Crippen molar-refractivity contribution >= 4 is 46.0 Å². The molecule has 8 heteroatoms. The molecule has 0 bridgehead atoms. The molecule has 132 valence electrons. The van der Waals surface area contributed by atoms with Crippen molar-refractivity contribution in [1.82, 2.24) is 5.32 Å². The minimum atomic E-state index is -0.937. The summed E-state index contributed by atoms with van der Waals surface area (Å²) < 4.78 is 5.35. The Morgan fingerprint density at radius 3 is 2.38 bits per heavy atom. The van der Waals surface area contributed by atoms with Crippen LogP contribution in [-0.4, -0.2) is 17.7 Å². The Morgan fingerprint density at radius 2 is 1.69 bits per heavy atom. The summed E-state index contributed by atoms with van der Waals surface area (Å²) >= 11 is 5.79. The summed E-state index contributed by atoms with van der Waals surface area (Å²) in [5.41, 5.74) is 6.50. The maximum absolute atomic E-state index is 12.2. The van der Waals surface area contributed by atoms with Crippen molar-refractivity contribution in [3.63, 3.8) is 0 Å². The van der Waals surface area contributed by atoms with Crippen LogP contribution in [0.1, 0.15) is 16.1 Å². The Hall–Kier alpha value is -3.32. The van der Waals surface area contributed by atoms with Gasteiger partial charge < -0.3 is 20.8 Å². The second-order valence-electron chi connectivity index (χ2n) is 5.43. The smallest absolute Gasteiger partial charge is 0.313 e. The molecule has 0 radical (unpaired) electrons. The van der Waals surface area contributed by atoms with Gasteiger partial charge in [0.1, 0.15) is 11.3 Å². The third-order valence-corrected chi connectivity index (χ3v) is 3.88. The molecule has 0 fully saturated rings. The normalized spacial score (nSPS) is 10.5. The molecule has 0 aliphatic heterocycles. The van der Waals surface area contributed by atoms with E-state index >= 15 is 0 Å². The number of anilines is 1. The summed E-state index contributed by atoms with van der Waals surface area (Å²) in [5, 5.41) is 5.93. The van der Waals surface area contributed by atoms with E-state index < -0.39 is 17.7 Å². The topological polar surface area (TPSA) is 114 Å². The Bertz CT molecular complexity index is 995. The van der Waals surface area contributed by atoms with Gasteiger partial charge in [-0.3, -0.25) is 14.4 Å². The fraction of sp³-hybridized carbons (Fsp3) is 0.0556. The van der Waals surface area contributed by atoms with Gasteiger partial charge in [-0.2, -0.15) is 0 Å². The zero-order valence-electron chi connectivity index (χ0n) is 13.4. The number of halogens is 1. The van der Waals surface area contributed by atoms with Gasteiger partial charge in [0.15, 0.2) is 0 Å². The number of furan rings is 1. The number of primary amides is 1. The SMILES string of the molecule is NC(=O)c1oc2ccccc2c1NC(=O)C(=O)NCc1ccc(Cl)cc1. The minimum Gasteiger partial charge on any atom is -0.449 e. The number of amides is 3. The molecule has 1 heterocycles. The van der Waals surface area contributed by atoms with E-state index in [-0.39, 0.29) is 18.0 Å². The van der Waals surface area contributed by atoms with Crippen molar-refractivity contribution in [1.29, 1.82) is 0 Å². The monoisotopic (exact) mass is 371 g/mol. The first kappa shape index (κ1) is 17.5. The second kappa shape index (κ2) is 7.28. The van der Waals surface area contributed by atoms with Crippen LogP contribution in [0.2, 0.25) is 5.02 Å². The van der Waals surface area contributed by atoms with Crippen LogP contribution >= 0.6 is 11.6 Å². The highest BCUT2D eigenvalue weighted by Gasteiger charge is 2.22. The number of nitrogens with two attached hydrogens (primary N) is 1. The van der Waals surface area contributed by atoms with Crippen LogP contribution in [-0.2, 0) is 16.1 Å². The van der Waals surface area contributed by atoms with E-state index in [2.05, 4.69) is 10.6 Å². The molecule has 0 aliphatic rings. The summed E-state index contributed by atoms with van der Waals surface area (Å²) in [6.07, 6.45) is 0. The van der Waals surface area contributed by atoms with E-state index in [4.69, 9.17) is 21.8 Å². The van der Waals surface area contributed by atoms with Gasteiger partial charge in [0.25, 0.3) is 5.91 Å². The number of fused-ring (bicyclic) bond motifs is 1. The average Bonchev–Trinajstić information content (AvgIpc) is 3.00. The number of para-hydroxylation sites is 1. The van der Waals surface area contributed by atoms with Gasteiger partial charge in [-0.15, -0.1) is 0 Å². The lowest BCUT2D eigenvalue weighted by molar-refractivity contribution is -0.136. The van der Waals surface area contributed by atoms with E-state index in [9.17, 15) is 14.4 Å². The number of benzene rings is 2. The van der Waals surface area contributed by atoms with Gasteiger partial charge in [0.2, 0.25) is 5.76 Å². The summed E-state index contributed by atoms with van der Waals surface area (Å²) in [4.78, 5) is 35.7. The number of hydrogen-bond acceptors (Lipinski definition) is 4. The van der Waals surface area contributed by atoms with Crippen LogP contribution in [0.15, 0.2) is 52.9 Å². The first-order valence-corrected chi connectivity index (χ1v) is 7.98. The van der Waals surface area contributed by atoms with Crippen molar-refractivity contribution in [2.75, 3.05) is 5.32 Å². The molecule has 0 spiro atoms. The first-order valence-electron chi connectivity index (χ1n) is 7.60. The quantitative estimate of drug-likeness (QED) is 0.611. The summed E-state index contributed by atoms with van der Waals surface area (Å²) in [6, 6.07) is 13.5. The molecule has 0 atom stereocenters. The molecular weight excluding hydrogens is 358 g/mol. The molecule has 26 heavy (non-hydrogen) atoms. The lowest BCUT2D eigenvalue weighted by atomic mass is 10.2. The number of carbonyl (C=O) groups excluding carboxylic acids is 3. The molecule has 0 saturated carbocycles. The highest BCUT2D eigenvalue weighted by molar-refractivity contribution is 6.40. The first-order chi connectivity index (χ1) is 12.5. The number of hydrogen-bond donors (Lipinski definition) is 3. The van der Waals surface area contributed by atoms with Crippen LogP contribution < -0.4 is 16.4 Å².